The minimum absolute atomic E-state index is 0.0552. The van der Waals surface area contributed by atoms with Gasteiger partial charge in [0.05, 0.1) is 70.8 Å². The van der Waals surface area contributed by atoms with E-state index in [-0.39, 0.29) is 33.2 Å². The molecule has 12 heteroatoms. The molecule has 0 unspecified atom stereocenters. The number of aliphatic hydroxyl groups is 6. The van der Waals surface area contributed by atoms with Gasteiger partial charge >= 0.3 is 0 Å². The standard InChI is InChI=1S/C16H24Cl4N2O6/c17-11-9(1-21-15(3-23,4-24)5-25)12(18)14(20)10(13(11)19)2-22-16(6-26,7-27)8-28/h21-28H,1-8H2. The van der Waals surface area contributed by atoms with Crippen LogP contribution < -0.4 is 10.6 Å². The van der Waals surface area contributed by atoms with Crippen LogP contribution in [0.5, 0.6) is 0 Å². The van der Waals surface area contributed by atoms with Crippen molar-refractivity contribution in [3.05, 3.63) is 31.2 Å². The van der Waals surface area contributed by atoms with Crippen molar-refractivity contribution in [1.82, 2.24) is 10.6 Å². The fourth-order valence-electron chi connectivity index (χ4n) is 2.22. The fraction of sp³-hybridized carbons (Fsp3) is 0.625. The molecule has 1 rings (SSSR count). The fourth-order valence-corrected chi connectivity index (χ4v) is 3.42. The van der Waals surface area contributed by atoms with E-state index in [0.29, 0.717) is 11.1 Å². The molecule has 0 aromatic heterocycles. The van der Waals surface area contributed by atoms with Gasteiger partial charge in [-0.25, -0.2) is 0 Å². The third-order valence-electron chi connectivity index (χ3n) is 4.54. The number of nitrogens with one attached hydrogen (secondary N) is 2. The lowest BCUT2D eigenvalue weighted by Gasteiger charge is -2.30. The van der Waals surface area contributed by atoms with Crippen LogP contribution in [0.2, 0.25) is 20.1 Å². The van der Waals surface area contributed by atoms with E-state index < -0.39 is 50.7 Å². The SMILES string of the molecule is OCC(CO)(CO)NCc1c(Cl)c(Cl)c(CNC(CO)(CO)CO)c(Cl)c1Cl. The van der Waals surface area contributed by atoms with E-state index >= 15 is 0 Å². The van der Waals surface area contributed by atoms with E-state index in [1.807, 2.05) is 0 Å². The molecular formula is C16H24Cl4N2O6. The van der Waals surface area contributed by atoms with Crippen LogP contribution in [0.3, 0.4) is 0 Å². The number of benzene rings is 1. The number of aliphatic hydroxyl groups excluding tert-OH is 6. The second kappa shape index (κ2) is 11.5. The summed E-state index contributed by atoms with van der Waals surface area (Å²) >= 11 is 25.2. The van der Waals surface area contributed by atoms with Gasteiger partial charge in [-0.3, -0.25) is 0 Å². The molecule has 1 aromatic carbocycles. The normalized spacial score (nSPS) is 12.6. The summed E-state index contributed by atoms with van der Waals surface area (Å²) in [5.41, 5.74) is -2.12. The minimum atomic E-state index is -1.35. The van der Waals surface area contributed by atoms with E-state index in [0.717, 1.165) is 0 Å². The summed E-state index contributed by atoms with van der Waals surface area (Å²) in [6.07, 6.45) is 0. The first-order valence-electron chi connectivity index (χ1n) is 8.19. The van der Waals surface area contributed by atoms with Crippen LogP contribution >= 0.6 is 46.4 Å². The van der Waals surface area contributed by atoms with Gasteiger partial charge in [0.2, 0.25) is 0 Å². The highest BCUT2D eigenvalue weighted by Gasteiger charge is 2.31. The summed E-state index contributed by atoms with van der Waals surface area (Å²) in [5.74, 6) is 0. The molecule has 0 amide bonds. The van der Waals surface area contributed by atoms with Gasteiger partial charge in [-0.15, -0.1) is 0 Å². The number of hydrogen-bond donors (Lipinski definition) is 8. The highest BCUT2D eigenvalue weighted by molar-refractivity contribution is 6.48. The molecule has 0 radical (unpaired) electrons. The first-order valence-corrected chi connectivity index (χ1v) is 9.70. The largest absolute Gasteiger partial charge is 0.394 e. The molecule has 0 fully saturated rings. The maximum absolute atomic E-state index is 9.39. The van der Waals surface area contributed by atoms with Crippen LogP contribution in [0.1, 0.15) is 11.1 Å². The van der Waals surface area contributed by atoms with Crippen LogP contribution in [0.25, 0.3) is 0 Å². The maximum atomic E-state index is 9.39. The van der Waals surface area contributed by atoms with Crippen molar-refractivity contribution in [2.45, 2.75) is 24.2 Å². The topological polar surface area (TPSA) is 145 Å². The van der Waals surface area contributed by atoms with E-state index in [4.69, 9.17) is 46.4 Å². The number of hydrogen-bond acceptors (Lipinski definition) is 8. The highest BCUT2D eigenvalue weighted by atomic mass is 35.5. The molecular weight excluding hydrogens is 458 g/mol. The average Bonchev–Trinajstić information content (AvgIpc) is 2.73. The molecule has 8 N–H and O–H groups in total. The van der Waals surface area contributed by atoms with Crippen molar-refractivity contribution < 1.29 is 30.6 Å². The van der Waals surface area contributed by atoms with Gasteiger partial charge in [0.1, 0.15) is 0 Å². The summed E-state index contributed by atoms with van der Waals surface area (Å²) in [7, 11) is 0. The predicted molar refractivity (Wildman–Crippen MR) is 108 cm³/mol. The second-order valence-corrected chi connectivity index (χ2v) is 7.94. The summed E-state index contributed by atoms with van der Waals surface area (Å²) in [5, 5.41) is 62.2. The van der Waals surface area contributed by atoms with Crippen molar-refractivity contribution in [3.8, 4) is 0 Å². The Bertz CT molecular complexity index is 556. The van der Waals surface area contributed by atoms with E-state index in [1.54, 1.807) is 0 Å². The van der Waals surface area contributed by atoms with Crippen LogP contribution in [0.4, 0.5) is 0 Å². The summed E-state index contributed by atoms with van der Waals surface area (Å²) < 4.78 is 0. The first-order chi connectivity index (χ1) is 13.2. The Morgan fingerprint density at radius 1 is 0.500 bits per heavy atom. The zero-order valence-electron chi connectivity index (χ0n) is 14.9. The van der Waals surface area contributed by atoms with Crippen molar-refractivity contribution in [3.63, 3.8) is 0 Å². The van der Waals surface area contributed by atoms with Gasteiger partial charge in [-0.05, 0) is 0 Å². The zero-order chi connectivity index (χ0) is 21.5. The summed E-state index contributed by atoms with van der Waals surface area (Å²) in [4.78, 5) is 0. The highest BCUT2D eigenvalue weighted by Crippen LogP contribution is 2.41. The average molecular weight is 482 g/mol. The number of rotatable bonds is 12. The summed E-state index contributed by atoms with van der Waals surface area (Å²) in [6, 6.07) is 0. The molecule has 1 aromatic rings. The van der Waals surface area contributed by atoms with Gasteiger partial charge in [0, 0.05) is 24.2 Å². The first kappa shape index (κ1) is 26.1. The van der Waals surface area contributed by atoms with E-state index in [1.165, 1.54) is 0 Å². The Kier molecular flexibility index (Phi) is 10.7. The smallest absolute Gasteiger partial charge is 0.0884 e. The van der Waals surface area contributed by atoms with Crippen LogP contribution in [-0.4, -0.2) is 81.4 Å². The third kappa shape index (κ3) is 5.60. The van der Waals surface area contributed by atoms with E-state index in [9.17, 15) is 30.6 Å². The van der Waals surface area contributed by atoms with E-state index in [2.05, 4.69) is 10.6 Å². The molecule has 0 aliphatic rings. The van der Waals surface area contributed by atoms with Crippen molar-refractivity contribution in [2.75, 3.05) is 39.6 Å². The lowest BCUT2D eigenvalue weighted by Crippen LogP contribution is -2.54. The maximum Gasteiger partial charge on any atom is 0.0884 e. The Morgan fingerprint density at radius 3 is 0.893 bits per heavy atom. The van der Waals surface area contributed by atoms with Gasteiger partial charge in [-0.1, -0.05) is 46.4 Å². The quantitative estimate of drug-likeness (QED) is 0.193. The Hall–Kier alpha value is 0.0600. The van der Waals surface area contributed by atoms with Crippen LogP contribution in [0, 0.1) is 0 Å². The molecule has 8 nitrogen and oxygen atoms in total. The lowest BCUT2D eigenvalue weighted by atomic mass is 10.0. The molecule has 0 saturated heterocycles. The van der Waals surface area contributed by atoms with Crippen LogP contribution in [0.15, 0.2) is 0 Å². The molecule has 162 valence electrons. The lowest BCUT2D eigenvalue weighted by molar-refractivity contribution is 0.0409. The molecule has 0 aliphatic heterocycles. The Balaban J connectivity index is 3.17. The Labute approximate surface area is 182 Å². The van der Waals surface area contributed by atoms with Gasteiger partial charge < -0.3 is 41.3 Å². The Morgan fingerprint density at radius 2 is 0.714 bits per heavy atom. The zero-order valence-corrected chi connectivity index (χ0v) is 17.9. The van der Waals surface area contributed by atoms with Crippen molar-refractivity contribution >= 4 is 46.4 Å². The second-order valence-electron chi connectivity index (χ2n) is 6.43. The van der Waals surface area contributed by atoms with Gasteiger partial charge in [0.25, 0.3) is 0 Å². The molecule has 28 heavy (non-hydrogen) atoms. The molecule has 0 saturated carbocycles. The molecule has 0 aliphatic carbocycles. The third-order valence-corrected chi connectivity index (χ3v) is 6.40. The molecule has 0 spiro atoms. The minimum Gasteiger partial charge on any atom is -0.394 e. The van der Waals surface area contributed by atoms with Crippen molar-refractivity contribution in [2.24, 2.45) is 0 Å². The van der Waals surface area contributed by atoms with Crippen LogP contribution in [-0.2, 0) is 13.1 Å². The summed E-state index contributed by atoms with van der Waals surface area (Å²) in [6.45, 7) is -3.34. The molecule has 0 atom stereocenters. The van der Waals surface area contributed by atoms with Crippen molar-refractivity contribution in [1.29, 1.82) is 0 Å². The molecule has 0 bridgehead atoms. The van der Waals surface area contributed by atoms with Gasteiger partial charge in [0.15, 0.2) is 0 Å². The number of halogens is 4. The monoisotopic (exact) mass is 480 g/mol. The predicted octanol–water partition coefficient (Wildman–Crippen LogP) is -0.0892. The molecule has 0 heterocycles. The van der Waals surface area contributed by atoms with Gasteiger partial charge in [-0.2, -0.15) is 0 Å².